The normalized spacial score (nSPS) is 26.4. The van der Waals surface area contributed by atoms with E-state index in [1.54, 1.807) is 0 Å². The van der Waals surface area contributed by atoms with Gasteiger partial charge in [-0.1, -0.05) is 48.0 Å². The van der Waals surface area contributed by atoms with Crippen LogP contribution in [0.3, 0.4) is 0 Å². The lowest BCUT2D eigenvalue weighted by molar-refractivity contribution is -0.153. The zero-order valence-corrected chi connectivity index (χ0v) is 16.1. The second-order valence-corrected chi connectivity index (χ2v) is 7.50. The van der Waals surface area contributed by atoms with E-state index in [0.717, 1.165) is 25.0 Å². The second-order valence-electron chi connectivity index (χ2n) is 7.50. The molecule has 0 saturated carbocycles. The first kappa shape index (κ1) is 19.4. The third-order valence-electron chi connectivity index (χ3n) is 5.31. The maximum atomic E-state index is 12.2. The van der Waals surface area contributed by atoms with Crippen molar-refractivity contribution in [1.29, 1.82) is 0 Å². The fourth-order valence-corrected chi connectivity index (χ4v) is 3.65. The van der Waals surface area contributed by atoms with Gasteiger partial charge in [-0.15, -0.1) is 0 Å². The van der Waals surface area contributed by atoms with Crippen LogP contribution in [0.15, 0.2) is 54.6 Å². The average molecular weight is 367 g/mol. The van der Waals surface area contributed by atoms with Crippen LogP contribution in [-0.4, -0.2) is 24.2 Å². The van der Waals surface area contributed by atoms with Crippen LogP contribution in [0.4, 0.5) is 0 Å². The molecule has 0 aliphatic carbocycles. The Bertz CT molecular complexity index is 729. The Morgan fingerprint density at radius 1 is 1.07 bits per heavy atom. The lowest BCUT2D eigenvalue weighted by Crippen LogP contribution is -2.40. The number of rotatable bonds is 4. The van der Waals surface area contributed by atoms with Gasteiger partial charge < -0.3 is 15.2 Å². The number of carbonyl (C=O) groups excluding carboxylic acids is 1. The average Bonchev–Trinajstić information content (AvgIpc) is 2.71. The molecule has 4 atom stereocenters. The van der Waals surface area contributed by atoms with Gasteiger partial charge in [0.25, 0.3) is 0 Å². The Balaban J connectivity index is 1.85. The number of hydrogen-bond donors (Lipinski definition) is 1. The van der Waals surface area contributed by atoms with E-state index in [2.05, 4.69) is 31.2 Å². The van der Waals surface area contributed by atoms with E-state index >= 15 is 0 Å². The highest BCUT2D eigenvalue weighted by molar-refractivity contribution is 5.75. The van der Waals surface area contributed by atoms with E-state index in [-0.39, 0.29) is 24.1 Å². The lowest BCUT2D eigenvalue weighted by Gasteiger charge is -2.31. The number of esters is 1. The summed E-state index contributed by atoms with van der Waals surface area (Å²) in [6.45, 7) is 4.01. The third-order valence-corrected chi connectivity index (χ3v) is 5.31. The zero-order valence-electron chi connectivity index (χ0n) is 16.1. The van der Waals surface area contributed by atoms with E-state index in [1.165, 1.54) is 11.1 Å². The van der Waals surface area contributed by atoms with Crippen molar-refractivity contribution in [2.24, 2.45) is 11.7 Å². The van der Waals surface area contributed by atoms with Crippen molar-refractivity contribution in [3.05, 3.63) is 65.7 Å². The number of cyclic esters (lactones) is 1. The fourth-order valence-electron chi connectivity index (χ4n) is 3.65. The van der Waals surface area contributed by atoms with Crippen LogP contribution in [0.2, 0.25) is 0 Å². The van der Waals surface area contributed by atoms with Crippen molar-refractivity contribution >= 4 is 5.97 Å². The first-order valence-corrected chi connectivity index (χ1v) is 9.76. The quantitative estimate of drug-likeness (QED) is 0.829. The predicted octanol–water partition coefficient (Wildman–Crippen LogP) is 4.04. The number of carbonyl (C=O) groups is 1. The molecule has 4 heteroatoms. The van der Waals surface area contributed by atoms with E-state index in [1.807, 2.05) is 37.3 Å². The Kier molecular flexibility index (Phi) is 6.51. The molecule has 1 aliphatic heterocycles. The Labute approximate surface area is 161 Å². The van der Waals surface area contributed by atoms with E-state index in [0.29, 0.717) is 6.42 Å². The standard InChI is InChI=1S/C23H29NO3/c1-16-11-13-19(14-12-16)27-22-10-6-9-21(24)23(25)26-17(2)20(22)15-18-7-4-3-5-8-18/h3-5,7-8,11-14,17,20-22H,6,9-10,15,24H2,1-2H3/t17-,20-,21-,22-/m0/s1. The molecular formula is C23H29NO3. The molecule has 2 N–H and O–H groups in total. The molecule has 3 rings (SSSR count). The van der Waals surface area contributed by atoms with Crippen LogP contribution in [0.5, 0.6) is 5.75 Å². The maximum Gasteiger partial charge on any atom is 0.323 e. The fraction of sp³-hybridized carbons (Fsp3) is 0.435. The Morgan fingerprint density at radius 2 is 1.78 bits per heavy atom. The van der Waals surface area contributed by atoms with Crippen LogP contribution >= 0.6 is 0 Å². The topological polar surface area (TPSA) is 61.5 Å². The summed E-state index contributed by atoms with van der Waals surface area (Å²) in [5.41, 5.74) is 8.39. The SMILES string of the molecule is Cc1ccc(O[C@H]2CCC[C@H](N)C(=O)O[C@@H](C)[C@@H]2Cc2ccccc2)cc1. The smallest absolute Gasteiger partial charge is 0.323 e. The molecule has 2 aromatic rings. The molecule has 27 heavy (non-hydrogen) atoms. The van der Waals surface area contributed by atoms with Gasteiger partial charge in [0, 0.05) is 5.92 Å². The zero-order chi connectivity index (χ0) is 19.2. The molecule has 0 bridgehead atoms. The predicted molar refractivity (Wildman–Crippen MR) is 107 cm³/mol. The molecule has 0 radical (unpaired) electrons. The van der Waals surface area contributed by atoms with Gasteiger partial charge in [-0.25, -0.2) is 0 Å². The van der Waals surface area contributed by atoms with E-state index in [4.69, 9.17) is 15.2 Å². The minimum atomic E-state index is -0.553. The van der Waals surface area contributed by atoms with Gasteiger partial charge in [0.05, 0.1) is 0 Å². The van der Waals surface area contributed by atoms with Crippen molar-refractivity contribution in [1.82, 2.24) is 0 Å². The van der Waals surface area contributed by atoms with Gasteiger partial charge in [-0.2, -0.15) is 0 Å². The number of aryl methyl sites for hydroxylation is 1. The number of hydrogen-bond acceptors (Lipinski definition) is 4. The van der Waals surface area contributed by atoms with Crippen molar-refractivity contribution in [2.75, 3.05) is 0 Å². The molecule has 0 spiro atoms. The molecule has 4 nitrogen and oxygen atoms in total. The molecular weight excluding hydrogens is 338 g/mol. The summed E-state index contributed by atoms with van der Waals surface area (Å²) < 4.78 is 12.1. The lowest BCUT2D eigenvalue weighted by atomic mass is 9.87. The van der Waals surface area contributed by atoms with E-state index < -0.39 is 6.04 Å². The summed E-state index contributed by atoms with van der Waals surface area (Å²) in [5.74, 6) is 0.602. The molecule has 1 aliphatic rings. The van der Waals surface area contributed by atoms with Crippen molar-refractivity contribution in [2.45, 2.75) is 57.8 Å². The van der Waals surface area contributed by atoms with Crippen LogP contribution in [0.1, 0.15) is 37.3 Å². The molecule has 1 heterocycles. The molecule has 144 valence electrons. The van der Waals surface area contributed by atoms with Crippen LogP contribution in [0, 0.1) is 12.8 Å². The molecule has 0 amide bonds. The first-order valence-electron chi connectivity index (χ1n) is 9.76. The highest BCUT2D eigenvalue weighted by Gasteiger charge is 2.34. The molecule has 0 unspecified atom stereocenters. The number of nitrogens with two attached hydrogens (primary N) is 1. The summed E-state index contributed by atoms with van der Waals surface area (Å²) >= 11 is 0. The van der Waals surface area contributed by atoms with E-state index in [9.17, 15) is 4.79 Å². The van der Waals surface area contributed by atoms with Crippen LogP contribution in [0.25, 0.3) is 0 Å². The third kappa shape index (κ3) is 5.33. The van der Waals surface area contributed by atoms with Gasteiger partial charge >= 0.3 is 5.97 Å². The molecule has 2 aromatic carbocycles. The summed E-state index contributed by atoms with van der Waals surface area (Å²) in [5, 5.41) is 0. The number of benzene rings is 2. The highest BCUT2D eigenvalue weighted by atomic mass is 16.5. The second kappa shape index (κ2) is 9.05. The Morgan fingerprint density at radius 3 is 2.48 bits per heavy atom. The first-order chi connectivity index (χ1) is 13.0. The summed E-state index contributed by atoms with van der Waals surface area (Å²) in [7, 11) is 0. The van der Waals surface area contributed by atoms with Crippen molar-refractivity contribution in [3.8, 4) is 5.75 Å². The minimum Gasteiger partial charge on any atom is -0.490 e. The summed E-state index contributed by atoms with van der Waals surface area (Å²) in [6, 6.07) is 17.9. The van der Waals surface area contributed by atoms with Crippen molar-refractivity contribution < 1.29 is 14.3 Å². The largest absolute Gasteiger partial charge is 0.490 e. The van der Waals surface area contributed by atoms with Gasteiger partial charge in [-0.3, -0.25) is 4.79 Å². The Hall–Kier alpha value is -2.33. The van der Waals surface area contributed by atoms with Gasteiger partial charge in [0.15, 0.2) is 0 Å². The highest BCUT2D eigenvalue weighted by Crippen LogP contribution is 2.28. The molecule has 1 saturated heterocycles. The summed E-state index contributed by atoms with van der Waals surface area (Å²) in [6.07, 6.45) is 2.79. The molecule has 0 aromatic heterocycles. The van der Waals surface area contributed by atoms with Crippen LogP contribution in [-0.2, 0) is 16.0 Å². The van der Waals surface area contributed by atoms with Gasteiger partial charge in [-0.05, 0) is 57.2 Å². The maximum absolute atomic E-state index is 12.2. The summed E-state index contributed by atoms with van der Waals surface area (Å²) in [4.78, 5) is 12.2. The number of ether oxygens (including phenoxy) is 2. The van der Waals surface area contributed by atoms with Crippen molar-refractivity contribution in [3.63, 3.8) is 0 Å². The minimum absolute atomic E-state index is 0.0407. The van der Waals surface area contributed by atoms with Gasteiger partial charge in [0.2, 0.25) is 0 Å². The molecule has 1 fully saturated rings. The van der Waals surface area contributed by atoms with Crippen LogP contribution < -0.4 is 10.5 Å². The monoisotopic (exact) mass is 367 g/mol. The van der Waals surface area contributed by atoms with Gasteiger partial charge in [0.1, 0.15) is 24.0 Å².